The first kappa shape index (κ1) is 18.2. The van der Waals surface area contributed by atoms with Crippen molar-refractivity contribution in [3.63, 3.8) is 0 Å². The summed E-state index contributed by atoms with van der Waals surface area (Å²) in [5.74, 6) is 1.89. The number of urea groups is 1. The van der Waals surface area contributed by atoms with Gasteiger partial charge in [0.15, 0.2) is 5.82 Å². The van der Waals surface area contributed by atoms with Crippen molar-refractivity contribution in [3.8, 4) is 0 Å². The van der Waals surface area contributed by atoms with Gasteiger partial charge in [-0.05, 0) is 32.1 Å². The largest absolute Gasteiger partial charge is 0.376 e. The Balaban J connectivity index is 1.38. The van der Waals surface area contributed by atoms with Gasteiger partial charge in [-0.2, -0.15) is 4.98 Å². The molecule has 0 unspecified atom stereocenters. The van der Waals surface area contributed by atoms with Crippen LogP contribution in [0.4, 0.5) is 4.79 Å². The molecule has 2 fully saturated rings. The van der Waals surface area contributed by atoms with Crippen LogP contribution < -0.4 is 5.32 Å². The minimum atomic E-state index is -0.0238. The topological polar surface area (TPSA) is 80.5 Å². The highest BCUT2D eigenvalue weighted by Gasteiger charge is 2.25. The monoisotopic (exact) mass is 350 g/mol. The molecular formula is C18H30N4O3. The molecule has 7 heteroatoms. The molecule has 0 aromatic carbocycles. The fourth-order valence-electron chi connectivity index (χ4n) is 3.64. The average Bonchev–Trinajstić information content (AvgIpc) is 3.31. The van der Waals surface area contributed by atoms with Crippen LogP contribution in [-0.2, 0) is 11.2 Å². The Morgan fingerprint density at radius 3 is 2.96 bits per heavy atom. The molecule has 0 spiro atoms. The van der Waals surface area contributed by atoms with Gasteiger partial charge < -0.3 is 19.5 Å². The lowest BCUT2D eigenvalue weighted by Gasteiger charge is -2.32. The summed E-state index contributed by atoms with van der Waals surface area (Å²) in [6.07, 6.45) is 8.61. The Hall–Kier alpha value is -1.63. The van der Waals surface area contributed by atoms with E-state index in [-0.39, 0.29) is 12.1 Å². The number of likely N-dealkylation sites (tertiary alicyclic amines) is 1. The second-order valence-electron chi connectivity index (χ2n) is 7.09. The van der Waals surface area contributed by atoms with E-state index in [1.165, 1.54) is 12.8 Å². The average molecular weight is 350 g/mol. The number of piperidine rings is 1. The molecule has 7 nitrogen and oxygen atoms in total. The number of aromatic nitrogens is 2. The fourth-order valence-corrected chi connectivity index (χ4v) is 3.64. The van der Waals surface area contributed by atoms with Crippen molar-refractivity contribution in [2.75, 3.05) is 26.2 Å². The summed E-state index contributed by atoms with van der Waals surface area (Å²) < 4.78 is 11.2. The van der Waals surface area contributed by atoms with E-state index in [1.807, 2.05) is 4.90 Å². The molecular weight excluding hydrogens is 320 g/mol. The number of hydrogen-bond acceptors (Lipinski definition) is 5. The molecule has 1 atom stereocenters. The predicted octanol–water partition coefficient (Wildman–Crippen LogP) is 2.87. The smallest absolute Gasteiger partial charge is 0.317 e. The molecule has 2 heterocycles. The first-order chi connectivity index (χ1) is 12.3. The van der Waals surface area contributed by atoms with E-state index in [4.69, 9.17) is 9.26 Å². The third-order valence-corrected chi connectivity index (χ3v) is 5.04. The number of carbonyl (C=O) groups excluding carboxylic acids is 1. The first-order valence-corrected chi connectivity index (χ1v) is 9.73. The summed E-state index contributed by atoms with van der Waals surface area (Å²) in [5.41, 5.74) is 0. The van der Waals surface area contributed by atoms with Crippen LogP contribution in [0, 0.1) is 0 Å². The highest BCUT2D eigenvalue weighted by molar-refractivity contribution is 5.74. The van der Waals surface area contributed by atoms with Gasteiger partial charge in [0.2, 0.25) is 5.89 Å². The summed E-state index contributed by atoms with van der Waals surface area (Å²) >= 11 is 0. The maximum Gasteiger partial charge on any atom is 0.317 e. The van der Waals surface area contributed by atoms with Crippen molar-refractivity contribution in [2.24, 2.45) is 0 Å². The van der Waals surface area contributed by atoms with Gasteiger partial charge in [-0.3, -0.25) is 0 Å². The van der Waals surface area contributed by atoms with Crippen molar-refractivity contribution in [2.45, 2.75) is 70.3 Å². The second-order valence-corrected chi connectivity index (χ2v) is 7.09. The molecule has 0 radical (unpaired) electrons. The zero-order valence-corrected chi connectivity index (χ0v) is 15.2. The summed E-state index contributed by atoms with van der Waals surface area (Å²) in [7, 11) is 0. The van der Waals surface area contributed by atoms with Gasteiger partial charge in [0, 0.05) is 38.6 Å². The van der Waals surface area contributed by atoms with E-state index in [0.29, 0.717) is 31.3 Å². The Bertz CT molecular complexity index is 542. The predicted molar refractivity (Wildman–Crippen MR) is 93.4 cm³/mol. The molecule has 25 heavy (non-hydrogen) atoms. The molecule has 1 saturated carbocycles. The number of ether oxygens (including phenoxy) is 1. The molecule has 1 aliphatic heterocycles. The molecule has 140 valence electrons. The summed E-state index contributed by atoms with van der Waals surface area (Å²) in [6, 6.07) is -0.0238. The summed E-state index contributed by atoms with van der Waals surface area (Å²) in [4.78, 5) is 18.7. The van der Waals surface area contributed by atoms with Crippen LogP contribution in [0.15, 0.2) is 4.52 Å². The minimum Gasteiger partial charge on any atom is -0.376 e. The summed E-state index contributed by atoms with van der Waals surface area (Å²) in [5, 5.41) is 7.01. The van der Waals surface area contributed by atoms with E-state index in [9.17, 15) is 4.79 Å². The lowest BCUT2D eigenvalue weighted by Crippen LogP contribution is -2.48. The Morgan fingerprint density at radius 1 is 1.32 bits per heavy atom. The first-order valence-electron chi connectivity index (χ1n) is 9.73. The van der Waals surface area contributed by atoms with Crippen molar-refractivity contribution in [1.29, 1.82) is 0 Å². The molecule has 3 rings (SSSR count). The van der Waals surface area contributed by atoms with Gasteiger partial charge in [-0.1, -0.05) is 24.9 Å². The van der Waals surface area contributed by atoms with Gasteiger partial charge in [-0.15, -0.1) is 0 Å². The second kappa shape index (κ2) is 9.17. The zero-order valence-electron chi connectivity index (χ0n) is 15.2. The van der Waals surface area contributed by atoms with Crippen LogP contribution in [0.1, 0.15) is 69.5 Å². The van der Waals surface area contributed by atoms with E-state index in [2.05, 4.69) is 22.4 Å². The molecule has 1 aromatic rings. The summed E-state index contributed by atoms with van der Waals surface area (Å²) in [6.45, 7) is 4.87. The van der Waals surface area contributed by atoms with Gasteiger partial charge in [0.25, 0.3) is 0 Å². The molecule has 1 saturated heterocycles. The number of hydrogen-bond donors (Lipinski definition) is 1. The SMILES string of the molecule is CCCO[C@@H]1CCCN(C(=O)NCCc2noc(C3CCCC3)n2)C1. The molecule has 2 amide bonds. The highest BCUT2D eigenvalue weighted by Crippen LogP contribution is 2.32. The van der Waals surface area contributed by atoms with Crippen molar-refractivity contribution >= 4 is 6.03 Å². The molecule has 1 aromatic heterocycles. The number of amides is 2. The van der Waals surface area contributed by atoms with E-state index in [1.54, 1.807) is 0 Å². The molecule has 0 bridgehead atoms. The maximum absolute atomic E-state index is 12.3. The molecule has 1 N–H and O–H groups in total. The van der Waals surface area contributed by atoms with E-state index in [0.717, 1.165) is 51.1 Å². The Kier molecular flexibility index (Phi) is 6.67. The van der Waals surface area contributed by atoms with Crippen LogP contribution in [0.25, 0.3) is 0 Å². The van der Waals surface area contributed by atoms with Crippen LogP contribution in [-0.4, -0.2) is 53.4 Å². The minimum absolute atomic E-state index is 0.0238. The highest BCUT2D eigenvalue weighted by atomic mass is 16.5. The number of rotatable bonds is 7. The Labute approximate surface area is 149 Å². The van der Waals surface area contributed by atoms with Crippen molar-refractivity contribution in [3.05, 3.63) is 11.7 Å². The van der Waals surface area contributed by atoms with Crippen LogP contribution in [0.5, 0.6) is 0 Å². The van der Waals surface area contributed by atoms with E-state index >= 15 is 0 Å². The normalized spacial score (nSPS) is 21.6. The molecule has 2 aliphatic rings. The lowest BCUT2D eigenvalue weighted by molar-refractivity contribution is 0.0101. The van der Waals surface area contributed by atoms with Crippen LogP contribution >= 0.6 is 0 Å². The fraction of sp³-hybridized carbons (Fsp3) is 0.833. The number of nitrogens with zero attached hydrogens (tertiary/aromatic N) is 3. The van der Waals surface area contributed by atoms with Crippen LogP contribution in [0.3, 0.4) is 0 Å². The zero-order chi connectivity index (χ0) is 17.5. The molecule has 1 aliphatic carbocycles. The Morgan fingerprint density at radius 2 is 2.16 bits per heavy atom. The van der Waals surface area contributed by atoms with Gasteiger partial charge in [-0.25, -0.2) is 4.79 Å². The van der Waals surface area contributed by atoms with E-state index < -0.39 is 0 Å². The third kappa shape index (κ3) is 5.17. The maximum atomic E-state index is 12.3. The van der Waals surface area contributed by atoms with Crippen LogP contribution in [0.2, 0.25) is 0 Å². The third-order valence-electron chi connectivity index (χ3n) is 5.04. The standard InChI is InChI=1S/C18H30N4O3/c1-2-12-24-15-8-5-11-22(13-15)18(23)19-10-9-16-20-17(25-21-16)14-6-3-4-7-14/h14-15H,2-13H2,1H3,(H,19,23)/t15-/m1/s1. The number of carbonyl (C=O) groups is 1. The van der Waals surface area contributed by atoms with Gasteiger partial charge in [0.1, 0.15) is 0 Å². The number of nitrogens with one attached hydrogen (secondary N) is 1. The van der Waals surface area contributed by atoms with Crippen molar-refractivity contribution < 1.29 is 14.1 Å². The lowest BCUT2D eigenvalue weighted by atomic mass is 10.1. The quantitative estimate of drug-likeness (QED) is 0.818. The van der Waals surface area contributed by atoms with Gasteiger partial charge in [0.05, 0.1) is 6.10 Å². The van der Waals surface area contributed by atoms with Gasteiger partial charge >= 0.3 is 6.03 Å². The van der Waals surface area contributed by atoms with Crippen molar-refractivity contribution in [1.82, 2.24) is 20.4 Å².